The summed E-state index contributed by atoms with van der Waals surface area (Å²) in [5, 5.41) is 10.0. The summed E-state index contributed by atoms with van der Waals surface area (Å²) >= 11 is 12.2. The van der Waals surface area contributed by atoms with E-state index in [1.165, 1.54) is 6.26 Å². The second-order valence-corrected chi connectivity index (χ2v) is 11.9. The van der Waals surface area contributed by atoms with Gasteiger partial charge in [-0.2, -0.15) is 10.2 Å². The summed E-state index contributed by atoms with van der Waals surface area (Å²) in [4.78, 5) is 8.56. The first kappa shape index (κ1) is 25.8. The van der Waals surface area contributed by atoms with Gasteiger partial charge in [-0.1, -0.05) is 49.7 Å². The zero-order chi connectivity index (χ0) is 26.1. The van der Waals surface area contributed by atoms with Crippen molar-refractivity contribution in [3.63, 3.8) is 0 Å². The van der Waals surface area contributed by atoms with E-state index in [4.69, 9.17) is 32.4 Å². The number of nitrogens with one attached hydrogen (secondary N) is 1. The van der Waals surface area contributed by atoms with Gasteiger partial charge in [0.1, 0.15) is 12.7 Å². The lowest BCUT2D eigenvalue weighted by molar-refractivity contribution is 0.341. The van der Waals surface area contributed by atoms with Gasteiger partial charge in [0.05, 0.1) is 16.5 Å². The first-order valence-electron chi connectivity index (χ1n) is 10.9. The molecule has 0 saturated heterocycles. The van der Waals surface area contributed by atoms with Crippen LogP contribution < -0.4 is 9.46 Å². The number of halogens is 2. The summed E-state index contributed by atoms with van der Waals surface area (Å²) in [6.07, 6.45) is 3.17. The molecule has 36 heavy (non-hydrogen) atoms. The fourth-order valence-electron chi connectivity index (χ4n) is 3.78. The summed E-state index contributed by atoms with van der Waals surface area (Å²) in [5.41, 5.74) is 4.51. The molecule has 1 atom stereocenters. The molecule has 10 heteroatoms. The Morgan fingerprint density at radius 3 is 2.56 bits per heavy atom. The molecule has 2 heterocycles. The highest BCUT2D eigenvalue weighted by Gasteiger charge is 2.26. The molecule has 0 saturated carbocycles. The molecule has 4 rings (SSSR count). The summed E-state index contributed by atoms with van der Waals surface area (Å²) in [7, 11) is -2.52. The summed E-state index contributed by atoms with van der Waals surface area (Å²) in [6.45, 7) is 4.40. The Bertz CT molecular complexity index is 1570. The molecule has 2 aromatic carbocycles. The van der Waals surface area contributed by atoms with Gasteiger partial charge in [0, 0.05) is 33.1 Å². The molecule has 1 unspecified atom stereocenters. The number of hydrogen-bond donors (Lipinski definition) is 1. The quantitative estimate of drug-likeness (QED) is 0.215. The van der Waals surface area contributed by atoms with Gasteiger partial charge in [-0.25, -0.2) is 9.19 Å². The van der Waals surface area contributed by atoms with Crippen molar-refractivity contribution in [1.29, 1.82) is 5.26 Å². The van der Waals surface area contributed by atoms with E-state index < -0.39 is 15.1 Å². The Morgan fingerprint density at radius 1 is 1.19 bits per heavy atom. The zero-order valence-electron chi connectivity index (χ0n) is 20.0. The normalized spacial score (nSPS) is 13.2. The lowest BCUT2D eigenvalue weighted by Crippen LogP contribution is -2.19. The smallest absolute Gasteiger partial charge is 0.308 e. The number of anilines is 1. The van der Waals surface area contributed by atoms with Gasteiger partial charge in [-0.3, -0.25) is 4.72 Å². The third kappa shape index (κ3) is 5.44. The fraction of sp³-hybridized carbons (Fsp3) is 0.231. The van der Waals surface area contributed by atoms with Crippen LogP contribution in [0.4, 0.5) is 6.01 Å². The standard InChI is InChI=1S/C26H24Cl2N4O3S/c1-26(2,20-11-17(14-29)23(21(28)13-20)34-10-9-27)19-7-5-16(6-8-19)18-12-22-24(30-15-18)31-25(35-22)32-36(3,4)33/h5-8,11-13,15H,3,9-10H2,1-2,4H3,(H,30,31,32,33). The van der Waals surface area contributed by atoms with Gasteiger partial charge in [-0.15, -0.1) is 11.6 Å². The van der Waals surface area contributed by atoms with Crippen LogP contribution in [0.1, 0.15) is 30.5 Å². The van der Waals surface area contributed by atoms with Crippen LogP contribution in [-0.4, -0.2) is 38.8 Å². The van der Waals surface area contributed by atoms with E-state index in [1.807, 2.05) is 36.4 Å². The molecule has 2 aromatic heterocycles. The second kappa shape index (κ2) is 10.0. The minimum atomic E-state index is -2.52. The monoisotopic (exact) mass is 542 g/mol. The molecule has 0 bridgehead atoms. The van der Waals surface area contributed by atoms with Crippen LogP contribution in [0, 0.1) is 11.3 Å². The first-order valence-corrected chi connectivity index (χ1v) is 14.0. The highest BCUT2D eigenvalue weighted by Crippen LogP contribution is 2.39. The fourth-order valence-corrected chi connectivity index (χ4v) is 4.58. The van der Waals surface area contributed by atoms with Gasteiger partial charge in [-0.05, 0) is 40.8 Å². The molecule has 0 amide bonds. The van der Waals surface area contributed by atoms with Crippen LogP contribution in [0.25, 0.3) is 22.4 Å². The molecule has 186 valence electrons. The maximum absolute atomic E-state index is 11.9. The minimum Gasteiger partial charge on any atom is -0.489 e. The predicted molar refractivity (Wildman–Crippen MR) is 147 cm³/mol. The van der Waals surface area contributed by atoms with E-state index in [1.54, 1.807) is 12.3 Å². The number of hydrogen-bond acceptors (Lipinski definition) is 6. The molecule has 0 spiro atoms. The van der Waals surface area contributed by atoms with Crippen LogP contribution in [0.15, 0.2) is 53.1 Å². The van der Waals surface area contributed by atoms with E-state index in [-0.39, 0.29) is 12.6 Å². The van der Waals surface area contributed by atoms with Crippen molar-refractivity contribution >= 4 is 56.0 Å². The van der Waals surface area contributed by atoms with Gasteiger partial charge in [0.15, 0.2) is 11.3 Å². The molecule has 7 nitrogen and oxygen atoms in total. The van der Waals surface area contributed by atoms with E-state index >= 15 is 0 Å². The number of fused-ring (bicyclic) bond motifs is 1. The Kier molecular flexibility index (Phi) is 7.19. The number of pyridine rings is 1. The molecule has 1 N–H and O–H groups in total. The number of aromatic nitrogens is 2. The molecular weight excluding hydrogens is 519 g/mol. The lowest BCUT2D eigenvalue weighted by atomic mass is 9.77. The van der Waals surface area contributed by atoms with Crippen LogP contribution in [0.3, 0.4) is 0 Å². The number of alkyl halides is 1. The number of ether oxygens (including phenoxy) is 1. The predicted octanol–water partition coefficient (Wildman–Crippen LogP) is 6.03. The summed E-state index contributed by atoms with van der Waals surface area (Å²) < 4.78 is 25.7. The zero-order valence-corrected chi connectivity index (χ0v) is 22.3. The van der Waals surface area contributed by atoms with Gasteiger partial charge < -0.3 is 9.15 Å². The summed E-state index contributed by atoms with van der Waals surface area (Å²) in [6, 6.07) is 15.8. The van der Waals surface area contributed by atoms with Crippen molar-refractivity contribution in [2.45, 2.75) is 19.3 Å². The Labute approximate surface area is 220 Å². The maximum Gasteiger partial charge on any atom is 0.308 e. The largest absolute Gasteiger partial charge is 0.489 e. The number of rotatable bonds is 8. The molecule has 0 aliphatic rings. The SMILES string of the molecule is C=S(C)(=O)Nc1nc2ncc(-c3ccc(C(C)(C)c4cc(Cl)c(OCCCl)c(C#N)c4)cc3)cc2o1. The highest BCUT2D eigenvalue weighted by molar-refractivity contribution is 8.00. The third-order valence-electron chi connectivity index (χ3n) is 5.70. The average Bonchev–Trinajstić information content (AvgIpc) is 3.22. The number of nitrogens with zero attached hydrogens (tertiary/aromatic N) is 3. The molecule has 0 aliphatic heterocycles. The van der Waals surface area contributed by atoms with Crippen molar-refractivity contribution in [3.05, 3.63) is 70.4 Å². The molecule has 0 fully saturated rings. The van der Waals surface area contributed by atoms with E-state index in [0.29, 0.717) is 33.4 Å². The molecule has 0 aliphatic carbocycles. The number of nitriles is 1. The van der Waals surface area contributed by atoms with Crippen molar-refractivity contribution in [2.24, 2.45) is 0 Å². The van der Waals surface area contributed by atoms with Gasteiger partial charge >= 0.3 is 6.01 Å². The topological polar surface area (TPSA) is 101 Å². The average molecular weight is 543 g/mol. The van der Waals surface area contributed by atoms with E-state index in [2.05, 4.69) is 40.5 Å². The molecular formula is C26H24Cl2N4O3S. The number of benzene rings is 2. The Hall–Kier alpha value is -3.25. The second-order valence-electron chi connectivity index (χ2n) is 8.86. The van der Waals surface area contributed by atoms with Crippen LogP contribution in [0.5, 0.6) is 5.75 Å². The van der Waals surface area contributed by atoms with Crippen LogP contribution >= 0.6 is 23.2 Å². The number of oxazole rings is 1. The van der Waals surface area contributed by atoms with Gasteiger partial charge in [0.25, 0.3) is 0 Å². The minimum absolute atomic E-state index is 0.115. The molecule has 4 aromatic rings. The highest BCUT2D eigenvalue weighted by atomic mass is 35.5. The van der Waals surface area contributed by atoms with E-state index in [0.717, 1.165) is 22.3 Å². The van der Waals surface area contributed by atoms with Crippen molar-refractivity contribution in [2.75, 3.05) is 23.5 Å². The van der Waals surface area contributed by atoms with Gasteiger partial charge in [0.2, 0.25) is 5.65 Å². The van der Waals surface area contributed by atoms with Crippen LogP contribution in [-0.2, 0) is 15.1 Å². The third-order valence-corrected chi connectivity index (χ3v) is 6.74. The first-order chi connectivity index (χ1) is 17.0. The lowest BCUT2D eigenvalue weighted by Gasteiger charge is -2.27. The molecule has 0 radical (unpaired) electrons. The Morgan fingerprint density at radius 2 is 1.92 bits per heavy atom. The summed E-state index contributed by atoms with van der Waals surface area (Å²) in [5.74, 6) is 4.19. The van der Waals surface area contributed by atoms with E-state index in [9.17, 15) is 9.47 Å². The Balaban J connectivity index is 1.63. The van der Waals surface area contributed by atoms with Crippen molar-refractivity contribution in [1.82, 2.24) is 9.97 Å². The van der Waals surface area contributed by atoms with Crippen molar-refractivity contribution in [3.8, 4) is 22.9 Å². The van der Waals surface area contributed by atoms with Crippen molar-refractivity contribution < 1.29 is 13.4 Å². The maximum atomic E-state index is 11.9. The van der Waals surface area contributed by atoms with Crippen LogP contribution in [0.2, 0.25) is 5.02 Å².